The maximum Gasteiger partial charge on any atom is 0.338 e. The molecule has 8 rings (SSSR count). The first kappa shape index (κ1) is 34.6. The molecule has 14 heteroatoms. The Kier molecular flexibility index (Phi) is 6.75. The van der Waals surface area contributed by atoms with E-state index in [1.807, 2.05) is 20.8 Å². The lowest BCUT2D eigenvalue weighted by atomic mass is 9.33. The van der Waals surface area contributed by atoms with Crippen molar-refractivity contribution in [1.82, 2.24) is 0 Å². The van der Waals surface area contributed by atoms with Crippen molar-refractivity contribution >= 4 is 23.9 Å². The summed E-state index contributed by atoms with van der Waals surface area (Å²) in [7, 11) is 1.28. The largest absolute Gasteiger partial charge is 0.511 e. The quantitative estimate of drug-likeness (QED) is 0.187. The van der Waals surface area contributed by atoms with Crippen molar-refractivity contribution in [3.05, 3.63) is 35.5 Å². The SMILES string of the molecule is COC(=O)C[C@H]1[C@@]2(C)C[C@@]34O[C@]5(C)O[C@]6([C@@H]7/C(=C(/O)C(C)C)C(=O)O[C@@H](c8ccoc8)[C@]7(C)CC[C@]6(O5)[C@]13C)[C@H](OC(C)=O)[C@@]4(O)[C@H]2OC(C)=O. The van der Waals surface area contributed by atoms with E-state index in [4.69, 9.17) is 37.6 Å². The minimum atomic E-state index is -2.32. The van der Waals surface area contributed by atoms with Gasteiger partial charge < -0.3 is 47.8 Å². The zero-order valence-corrected chi connectivity index (χ0v) is 30.3. The summed E-state index contributed by atoms with van der Waals surface area (Å²) in [4.78, 5) is 54.2. The number of esters is 4. The molecule has 1 aromatic rings. The highest BCUT2D eigenvalue weighted by Crippen LogP contribution is 2.90. The standard InChI is InChI=1S/C37H46O14/c1-17(2)24(41)23-25-30(5,26(48-27(23)42)20-10-13-45-15-20)11-12-34-32(7)21(14-22(40)44-9)31(6)16-35(32)36(43,28(31)46-18(3)38)29(47-19(4)39)37(25,34)51-33(8,49-34)50-35/h10,13,15,17,21,25-26,28-29,41,43H,11-12,14,16H2,1-9H3/b24-23-/t21-,25+,26-,28-,29+,30+,31+,32-,33+,34-,35+,36-,37+/m0/s1. The van der Waals surface area contributed by atoms with Crippen molar-refractivity contribution in [2.45, 2.75) is 128 Å². The molecule has 51 heavy (non-hydrogen) atoms. The van der Waals surface area contributed by atoms with E-state index in [-0.39, 0.29) is 30.6 Å². The number of cyclic esters (lactones) is 1. The molecule has 14 nitrogen and oxygen atoms in total. The Labute approximate surface area is 295 Å². The molecule has 278 valence electrons. The molecule has 13 atom stereocenters. The average Bonchev–Trinajstić information content (AvgIpc) is 3.74. The number of hydrogen-bond donors (Lipinski definition) is 2. The summed E-state index contributed by atoms with van der Waals surface area (Å²) >= 11 is 0. The van der Waals surface area contributed by atoms with Crippen molar-refractivity contribution < 1.29 is 67.0 Å². The number of methoxy groups -OCH3 is 1. The number of furan rings is 1. The van der Waals surface area contributed by atoms with Crippen LogP contribution in [0.5, 0.6) is 0 Å². The van der Waals surface area contributed by atoms with Gasteiger partial charge in [0.05, 0.1) is 25.2 Å². The highest BCUT2D eigenvalue weighted by Gasteiger charge is 3.04. The zero-order valence-electron chi connectivity index (χ0n) is 30.3. The van der Waals surface area contributed by atoms with Gasteiger partial charge in [-0.05, 0) is 31.2 Å². The van der Waals surface area contributed by atoms with Crippen LogP contribution < -0.4 is 0 Å². The van der Waals surface area contributed by atoms with Gasteiger partial charge in [-0.2, -0.15) is 0 Å². The van der Waals surface area contributed by atoms with Gasteiger partial charge in [-0.25, -0.2) is 4.79 Å². The molecule has 4 aliphatic carbocycles. The van der Waals surface area contributed by atoms with Crippen LogP contribution >= 0.6 is 0 Å². The van der Waals surface area contributed by atoms with Crippen LogP contribution in [0.4, 0.5) is 0 Å². The molecule has 7 aliphatic rings. The molecule has 1 aromatic heterocycles. The Morgan fingerprint density at radius 2 is 1.61 bits per heavy atom. The van der Waals surface area contributed by atoms with E-state index in [1.54, 1.807) is 26.8 Å². The summed E-state index contributed by atoms with van der Waals surface area (Å²) < 4.78 is 50.6. The van der Waals surface area contributed by atoms with Gasteiger partial charge in [0.15, 0.2) is 17.3 Å². The third kappa shape index (κ3) is 3.49. The van der Waals surface area contributed by atoms with Gasteiger partial charge in [-0.15, -0.1) is 0 Å². The Morgan fingerprint density at radius 1 is 0.961 bits per heavy atom. The molecule has 4 heterocycles. The number of carbonyl (C=O) groups excluding carboxylic acids is 4. The van der Waals surface area contributed by atoms with Crippen LogP contribution in [0.2, 0.25) is 0 Å². The molecule has 4 bridgehead atoms. The van der Waals surface area contributed by atoms with Crippen molar-refractivity contribution in [1.29, 1.82) is 0 Å². The fraction of sp³-hybridized carbons (Fsp3) is 0.730. The van der Waals surface area contributed by atoms with E-state index in [0.717, 1.165) is 0 Å². The fourth-order valence-electron chi connectivity index (χ4n) is 12.9. The number of fused-ring (bicyclic) bond motifs is 3. The summed E-state index contributed by atoms with van der Waals surface area (Å²) in [6, 6.07) is 1.69. The molecule has 4 saturated carbocycles. The molecule has 0 radical (unpaired) electrons. The number of rotatable bonds is 6. The van der Waals surface area contributed by atoms with Gasteiger partial charge in [0.2, 0.25) is 0 Å². The van der Waals surface area contributed by atoms with Crippen LogP contribution in [0.3, 0.4) is 0 Å². The van der Waals surface area contributed by atoms with E-state index in [1.165, 1.54) is 33.5 Å². The number of hydrogen-bond acceptors (Lipinski definition) is 14. The molecule has 2 N–H and O–H groups in total. The fourth-order valence-corrected chi connectivity index (χ4v) is 12.9. The minimum Gasteiger partial charge on any atom is -0.511 e. The maximum absolute atomic E-state index is 14.5. The van der Waals surface area contributed by atoms with Gasteiger partial charge >= 0.3 is 23.9 Å². The number of allylic oxidation sites excluding steroid dienone is 1. The number of aliphatic hydroxyl groups is 2. The van der Waals surface area contributed by atoms with Gasteiger partial charge in [0, 0.05) is 60.8 Å². The average molecular weight is 715 g/mol. The van der Waals surface area contributed by atoms with E-state index in [9.17, 15) is 29.4 Å². The molecule has 0 amide bonds. The van der Waals surface area contributed by atoms with E-state index < -0.39 is 105 Å². The molecular formula is C37H46O14. The Hall–Kier alpha value is -3.46. The Balaban J connectivity index is 1.53. The Morgan fingerprint density at radius 3 is 2.20 bits per heavy atom. The van der Waals surface area contributed by atoms with Crippen molar-refractivity contribution in [3.8, 4) is 0 Å². The second-order valence-corrected chi connectivity index (χ2v) is 16.9. The minimum absolute atomic E-state index is 0.0755. The molecule has 0 aromatic carbocycles. The highest BCUT2D eigenvalue weighted by atomic mass is 16.9. The van der Waals surface area contributed by atoms with Crippen LogP contribution in [0.25, 0.3) is 0 Å². The van der Waals surface area contributed by atoms with Gasteiger partial charge in [0.25, 0.3) is 5.97 Å². The van der Waals surface area contributed by atoms with E-state index >= 15 is 0 Å². The summed E-state index contributed by atoms with van der Waals surface area (Å²) in [5.74, 6) is -7.53. The van der Waals surface area contributed by atoms with E-state index in [2.05, 4.69) is 0 Å². The first-order valence-electron chi connectivity index (χ1n) is 17.6. The summed E-state index contributed by atoms with van der Waals surface area (Å²) in [5.41, 5.74) is -10.7. The zero-order chi connectivity index (χ0) is 37.1. The summed E-state index contributed by atoms with van der Waals surface area (Å²) in [6.07, 6.45) is -0.648. The van der Waals surface area contributed by atoms with Crippen LogP contribution in [0.15, 0.2) is 34.3 Å². The van der Waals surface area contributed by atoms with Crippen molar-refractivity contribution in [3.63, 3.8) is 0 Å². The first-order chi connectivity index (χ1) is 23.7. The van der Waals surface area contributed by atoms with Gasteiger partial charge in [-0.3, -0.25) is 14.4 Å². The third-order valence-corrected chi connectivity index (χ3v) is 14.2. The molecule has 0 unspecified atom stereocenters. The molecule has 3 aliphatic heterocycles. The third-order valence-electron chi connectivity index (χ3n) is 14.2. The van der Waals surface area contributed by atoms with Crippen LogP contribution in [0, 0.1) is 34.0 Å². The smallest absolute Gasteiger partial charge is 0.338 e. The predicted molar refractivity (Wildman–Crippen MR) is 170 cm³/mol. The molecule has 3 saturated heterocycles. The second kappa shape index (κ2) is 9.94. The predicted octanol–water partition coefficient (Wildman–Crippen LogP) is 3.95. The van der Waals surface area contributed by atoms with Crippen LogP contribution in [-0.4, -0.2) is 81.8 Å². The van der Waals surface area contributed by atoms with Crippen molar-refractivity contribution in [2.24, 2.45) is 34.0 Å². The summed E-state index contributed by atoms with van der Waals surface area (Å²) in [6.45, 7) is 13.1. The second-order valence-electron chi connectivity index (χ2n) is 16.9. The number of ether oxygens (including phenoxy) is 7. The van der Waals surface area contributed by atoms with Crippen LogP contribution in [-0.2, 0) is 52.3 Å². The lowest BCUT2D eigenvalue weighted by Crippen LogP contribution is -2.93. The molecule has 2 spiro atoms. The topological polar surface area (TPSA) is 186 Å². The van der Waals surface area contributed by atoms with Crippen LogP contribution in [0.1, 0.15) is 92.7 Å². The lowest BCUT2D eigenvalue weighted by Gasteiger charge is -2.77. The maximum atomic E-state index is 14.5. The normalized spacial score (nSPS) is 50.7. The van der Waals surface area contributed by atoms with Crippen molar-refractivity contribution in [2.75, 3.05) is 7.11 Å². The lowest BCUT2D eigenvalue weighted by molar-refractivity contribution is -0.477. The molecular weight excluding hydrogens is 668 g/mol. The number of aliphatic hydroxyl groups excluding tert-OH is 1. The Bertz CT molecular complexity index is 1790. The van der Waals surface area contributed by atoms with E-state index in [0.29, 0.717) is 12.0 Å². The van der Waals surface area contributed by atoms with Gasteiger partial charge in [-0.1, -0.05) is 34.6 Å². The first-order valence-corrected chi connectivity index (χ1v) is 17.6. The monoisotopic (exact) mass is 714 g/mol. The molecule has 7 fully saturated rings. The highest BCUT2D eigenvalue weighted by molar-refractivity contribution is 5.92. The van der Waals surface area contributed by atoms with Gasteiger partial charge in [0.1, 0.15) is 29.2 Å². The summed E-state index contributed by atoms with van der Waals surface area (Å²) in [5, 5.41) is 25.7. The number of carbonyl (C=O) groups is 4.